The number of carbonyl (C=O) groups is 1. The summed E-state index contributed by atoms with van der Waals surface area (Å²) in [6.45, 7) is 1.47. The largest absolute Gasteiger partial charge is 0.438 e. The smallest absolute Gasteiger partial charge is 0.419 e. The van der Waals surface area contributed by atoms with Crippen molar-refractivity contribution in [3.63, 3.8) is 0 Å². The molecule has 0 aliphatic carbocycles. The van der Waals surface area contributed by atoms with Crippen molar-refractivity contribution in [2.45, 2.75) is 31.4 Å². The molecule has 0 unspecified atom stereocenters. The Morgan fingerprint density at radius 2 is 1.50 bits per heavy atom. The van der Waals surface area contributed by atoms with E-state index in [1.807, 2.05) is 0 Å². The number of rotatable bonds is 1. The molecular formula is C12H8F6INO2. The second-order valence-corrected chi connectivity index (χ2v) is 5.73. The third-order valence-corrected chi connectivity index (χ3v) is 4.41. The van der Waals surface area contributed by atoms with Gasteiger partial charge in [-0.3, -0.25) is 0 Å². The van der Waals surface area contributed by atoms with Crippen LogP contribution in [0.3, 0.4) is 0 Å². The zero-order valence-corrected chi connectivity index (χ0v) is 13.0. The first kappa shape index (κ1) is 17.2. The predicted octanol–water partition coefficient (Wildman–Crippen LogP) is 4.96. The molecule has 0 bridgehead atoms. The normalized spacial score (nSPS) is 22.9. The Bertz CT molecular complexity index is 568. The van der Waals surface area contributed by atoms with Crippen LogP contribution in [0, 0.1) is 0 Å². The Balaban J connectivity index is 2.54. The van der Waals surface area contributed by atoms with E-state index in [-0.39, 0.29) is 11.6 Å². The number of alkyl halides is 6. The fourth-order valence-corrected chi connectivity index (χ4v) is 2.44. The average molecular weight is 439 g/mol. The van der Waals surface area contributed by atoms with Gasteiger partial charge in [0.1, 0.15) is 6.10 Å². The molecule has 0 radical (unpaired) electrons. The number of hydrogen-bond donors (Lipinski definition) is 0. The van der Waals surface area contributed by atoms with Crippen molar-refractivity contribution in [1.82, 2.24) is 3.11 Å². The van der Waals surface area contributed by atoms with E-state index in [1.54, 1.807) is 22.9 Å². The molecule has 122 valence electrons. The van der Waals surface area contributed by atoms with Gasteiger partial charge in [-0.2, -0.15) is 26.3 Å². The lowest BCUT2D eigenvalue weighted by Gasteiger charge is -2.19. The molecule has 0 aromatic heterocycles. The molecule has 0 N–H and O–H groups in total. The molecule has 0 saturated carbocycles. The number of ether oxygens (including phenoxy) is 1. The van der Waals surface area contributed by atoms with E-state index < -0.39 is 41.7 Å². The third-order valence-electron chi connectivity index (χ3n) is 3.14. The minimum atomic E-state index is -4.94. The molecular weight excluding hydrogens is 431 g/mol. The Labute approximate surface area is 134 Å². The first-order valence-corrected chi connectivity index (χ1v) is 6.82. The number of nitrogens with zero attached hydrogens (tertiary/aromatic N) is 1. The highest BCUT2D eigenvalue weighted by molar-refractivity contribution is 14.1. The third kappa shape index (κ3) is 3.25. The summed E-state index contributed by atoms with van der Waals surface area (Å²) >= 11 is 1.59. The molecule has 1 fully saturated rings. The van der Waals surface area contributed by atoms with Crippen molar-refractivity contribution in [2.75, 3.05) is 0 Å². The van der Waals surface area contributed by atoms with Gasteiger partial charge < -0.3 is 4.74 Å². The van der Waals surface area contributed by atoms with Crippen molar-refractivity contribution < 1.29 is 35.9 Å². The van der Waals surface area contributed by atoms with Crippen LogP contribution >= 0.6 is 22.9 Å². The Kier molecular flexibility index (Phi) is 4.26. The molecule has 10 heteroatoms. The lowest BCUT2D eigenvalue weighted by atomic mass is 9.98. The van der Waals surface area contributed by atoms with E-state index in [0.717, 1.165) is 3.11 Å². The lowest BCUT2D eigenvalue weighted by molar-refractivity contribution is -0.143. The van der Waals surface area contributed by atoms with Gasteiger partial charge >= 0.3 is 18.4 Å². The van der Waals surface area contributed by atoms with E-state index in [2.05, 4.69) is 0 Å². The molecule has 2 atom stereocenters. The van der Waals surface area contributed by atoms with E-state index in [0.29, 0.717) is 12.1 Å². The van der Waals surface area contributed by atoms with Crippen molar-refractivity contribution in [3.8, 4) is 0 Å². The van der Waals surface area contributed by atoms with Crippen LogP contribution in [0.2, 0.25) is 0 Å². The SMILES string of the molecule is C[C@@H]1[C@@H](c2cc(C(F)(F)F)cc(C(F)(F)F)c2)OC(=O)N1I. The number of carbonyl (C=O) groups excluding carboxylic acids is 1. The van der Waals surface area contributed by atoms with Gasteiger partial charge in [0, 0.05) is 0 Å². The Morgan fingerprint density at radius 1 is 1.05 bits per heavy atom. The van der Waals surface area contributed by atoms with E-state index in [9.17, 15) is 31.1 Å². The van der Waals surface area contributed by atoms with Crippen LogP contribution in [0.5, 0.6) is 0 Å². The number of halogens is 7. The van der Waals surface area contributed by atoms with Crippen LogP contribution in [0.15, 0.2) is 18.2 Å². The van der Waals surface area contributed by atoms with Crippen molar-refractivity contribution in [2.24, 2.45) is 0 Å². The number of hydrogen-bond acceptors (Lipinski definition) is 2. The van der Waals surface area contributed by atoms with E-state index >= 15 is 0 Å². The summed E-state index contributed by atoms with van der Waals surface area (Å²) in [7, 11) is 0. The second kappa shape index (κ2) is 5.46. The highest BCUT2D eigenvalue weighted by Gasteiger charge is 2.42. The second-order valence-electron chi connectivity index (χ2n) is 4.70. The van der Waals surface area contributed by atoms with Gasteiger partial charge in [-0.25, -0.2) is 7.91 Å². The van der Waals surface area contributed by atoms with Crippen molar-refractivity contribution >= 4 is 29.0 Å². The van der Waals surface area contributed by atoms with Crippen molar-refractivity contribution in [3.05, 3.63) is 34.9 Å². The summed E-state index contributed by atoms with van der Waals surface area (Å²) in [6.07, 6.45) is -11.9. The van der Waals surface area contributed by atoms with Crippen LogP contribution in [0.4, 0.5) is 31.1 Å². The summed E-state index contributed by atoms with van der Waals surface area (Å²) in [6, 6.07) is 0.476. The van der Waals surface area contributed by atoms with Gasteiger partial charge in [-0.1, -0.05) is 0 Å². The first-order chi connectivity index (χ1) is 9.91. The Morgan fingerprint density at radius 3 is 1.82 bits per heavy atom. The average Bonchev–Trinajstić information content (AvgIpc) is 2.64. The van der Waals surface area contributed by atoms with Crippen LogP contribution < -0.4 is 0 Å². The zero-order chi connectivity index (χ0) is 16.9. The van der Waals surface area contributed by atoms with Gasteiger partial charge in [0.2, 0.25) is 0 Å². The minimum absolute atomic E-state index is 0.0345. The molecule has 1 aliphatic heterocycles. The highest BCUT2D eigenvalue weighted by Crippen LogP contribution is 2.41. The summed E-state index contributed by atoms with van der Waals surface area (Å²) < 4.78 is 82.7. The summed E-state index contributed by atoms with van der Waals surface area (Å²) in [4.78, 5) is 11.4. The van der Waals surface area contributed by atoms with Gasteiger partial charge in [0.05, 0.1) is 40.0 Å². The van der Waals surface area contributed by atoms with Crippen LogP contribution in [0.1, 0.15) is 29.7 Å². The maximum atomic E-state index is 12.8. The molecule has 22 heavy (non-hydrogen) atoms. The highest BCUT2D eigenvalue weighted by atomic mass is 127. The maximum Gasteiger partial charge on any atom is 0.419 e. The predicted molar refractivity (Wildman–Crippen MR) is 71.0 cm³/mol. The summed E-state index contributed by atoms with van der Waals surface area (Å²) in [5, 5.41) is 0. The molecule has 1 saturated heterocycles. The summed E-state index contributed by atoms with van der Waals surface area (Å²) in [5.41, 5.74) is -3.22. The molecule has 1 amide bonds. The number of amides is 1. The molecule has 2 rings (SSSR count). The monoisotopic (exact) mass is 439 g/mol. The van der Waals surface area contributed by atoms with Gasteiger partial charge in [0.25, 0.3) is 0 Å². The standard InChI is InChI=1S/C12H8F6INO2/c1-5-9(22-10(21)20(5)19)6-2-7(11(13,14)15)4-8(3-6)12(16,17)18/h2-5,9H,1H3/t5-,9+/m1/s1. The lowest BCUT2D eigenvalue weighted by Crippen LogP contribution is -2.22. The minimum Gasteiger partial charge on any atom is -0.438 e. The van der Waals surface area contributed by atoms with Gasteiger partial charge in [0.15, 0.2) is 0 Å². The Hall–Kier alpha value is -1.20. The van der Waals surface area contributed by atoms with Crippen LogP contribution in [-0.4, -0.2) is 15.2 Å². The number of benzene rings is 1. The fourth-order valence-electron chi connectivity index (χ4n) is 2.03. The fraction of sp³-hybridized carbons (Fsp3) is 0.417. The molecule has 1 aliphatic rings. The molecule has 3 nitrogen and oxygen atoms in total. The molecule has 1 heterocycles. The maximum absolute atomic E-state index is 12.8. The quantitative estimate of drug-likeness (QED) is 0.352. The van der Waals surface area contributed by atoms with E-state index in [1.165, 1.54) is 6.92 Å². The van der Waals surface area contributed by atoms with Gasteiger partial charge in [-0.15, -0.1) is 0 Å². The van der Waals surface area contributed by atoms with Crippen molar-refractivity contribution in [1.29, 1.82) is 0 Å². The number of cyclic esters (lactones) is 1. The van der Waals surface area contributed by atoms with Crippen LogP contribution in [-0.2, 0) is 17.1 Å². The van der Waals surface area contributed by atoms with Gasteiger partial charge in [-0.05, 0) is 30.7 Å². The summed E-state index contributed by atoms with van der Waals surface area (Å²) in [5.74, 6) is 0. The zero-order valence-electron chi connectivity index (χ0n) is 10.8. The first-order valence-electron chi connectivity index (χ1n) is 5.86. The molecule has 1 aromatic rings. The van der Waals surface area contributed by atoms with Crippen LogP contribution in [0.25, 0.3) is 0 Å². The molecule has 0 spiro atoms. The molecule has 1 aromatic carbocycles. The van der Waals surface area contributed by atoms with E-state index in [4.69, 9.17) is 4.74 Å². The topological polar surface area (TPSA) is 29.5 Å².